The number of hydrogen-bond acceptors (Lipinski definition) is 5. The molecular weight excluding hydrogens is 320 g/mol. The summed E-state index contributed by atoms with van der Waals surface area (Å²) in [7, 11) is 0. The van der Waals surface area contributed by atoms with Gasteiger partial charge in [0.2, 0.25) is 5.91 Å². The predicted molar refractivity (Wildman–Crippen MR) is 90.9 cm³/mol. The number of amides is 2. The van der Waals surface area contributed by atoms with E-state index in [-0.39, 0.29) is 29.9 Å². The smallest absolute Gasteiger partial charge is 0.414 e. The summed E-state index contributed by atoms with van der Waals surface area (Å²) in [5, 5.41) is 13.4. The molecule has 2 unspecified atom stereocenters. The highest BCUT2D eigenvalue weighted by molar-refractivity contribution is 5.98. The SMILES string of the molecule is C[C@H]1COC(=O)N1c1ccc2cnc(NC(=O)C3CC3C#N)cc2c1. The summed E-state index contributed by atoms with van der Waals surface area (Å²) < 4.78 is 5.07. The number of carbonyl (C=O) groups excluding carboxylic acids is 2. The van der Waals surface area contributed by atoms with Crippen molar-refractivity contribution in [2.45, 2.75) is 19.4 Å². The second kappa shape index (κ2) is 5.74. The maximum atomic E-state index is 12.1. The highest BCUT2D eigenvalue weighted by Crippen LogP contribution is 2.38. The Morgan fingerprint density at radius 3 is 2.92 bits per heavy atom. The normalized spacial score (nSPS) is 24.7. The Hall–Kier alpha value is -3.14. The average molecular weight is 336 g/mol. The maximum Gasteiger partial charge on any atom is 0.414 e. The van der Waals surface area contributed by atoms with Gasteiger partial charge < -0.3 is 10.1 Å². The van der Waals surface area contributed by atoms with Crippen LogP contribution in [0.3, 0.4) is 0 Å². The van der Waals surface area contributed by atoms with E-state index >= 15 is 0 Å². The first-order valence-corrected chi connectivity index (χ1v) is 8.13. The quantitative estimate of drug-likeness (QED) is 0.930. The molecule has 1 aromatic heterocycles. The van der Waals surface area contributed by atoms with Gasteiger partial charge in [0.05, 0.1) is 23.9 Å². The third-order valence-corrected chi connectivity index (χ3v) is 4.61. The molecule has 7 heteroatoms. The minimum Gasteiger partial charge on any atom is -0.447 e. The van der Waals surface area contributed by atoms with E-state index in [0.29, 0.717) is 18.8 Å². The second-order valence-electron chi connectivity index (χ2n) is 6.46. The number of pyridine rings is 1. The summed E-state index contributed by atoms with van der Waals surface area (Å²) in [6, 6.07) is 9.47. The Kier molecular flexibility index (Phi) is 3.53. The molecule has 2 heterocycles. The van der Waals surface area contributed by atoms with E-state index in [1.54, 1.807) is 17.2 Å². The Morgan fingerprint density at radius 2 is 2.24 bits per heavy atom. The fourth-order valence-corrected chi connectivity index (χ4v) is 3.07. The molecule has 2 aliphatic rings. The Labute approximate surface area is 144 Å². The van der Waals surface area contributed by atoms with Crippen LogP contribution in [-0.4, -0.2) is 29.6 Å². The van der Waals surface area contributed by atoms with Gasteiger partial charge in [0.15, 0.2) is 0 Å². The monoisotopic (exact) mass is 336 g/mol. The van der Waals surface area contributed by atoms with Gasteiger partial charge in [0, 0.05) is 17.3 Å². The topological polar surface area (TPSA) is 95.3 Å². The van der Waals surface area contributed by atoms with Gasteiger partial charge in [0.25, 0.3) is 0 Å². The molecule has 1 saturated carbocycles. The van der Waals surface area contributed by atoms with Crippen molar-refractivity contribution in [2.24, 2.45) is 11.8 Å². The number of nitrogens with one attached hydrogen (secondary N) is 1. The zero-order chi connectivity index (χ0) is 17.6. The van der Waals surface area contributed by atoms with Crippen LogP contribution in [0.1, 0.15) is 13.3 Å². The highest BCUT2D eigenvalue weighted by Gasteiger charge is 2.43. The molecule has 1 aliphatic heterocycles. The molecule has 1 saturated heterocycles. The molecule has 1 aliphatic carbocycles. The van der Waals surface area contributed by atoms with Gasteiger partial charge in [-0.05, 0) is 36.9 Å². The van der Waals surface area contributed by atoms with E-state index in [1.807, 2.05) is 25.1 Å². The van der Waals surface area contributed by atoms with Crippen LogP contribution in [0.5, 0.6) is 0 Å². The number of cyclic esters (lactones) is 1. The van der Waals surface area contributed by atoms with E-state index in [9.17, 15) is 9.59 Å². The maximum absolute atomic E-state index is 12.1. The molecule has 2 fully saturated rings. The lowest BCUT2D eigenvalue weighted by Gasteiger charge is -2.18. The van der Waals surface area contributed by atoms with Crippen molar-refractivity contribution in [3.05, 3.63) is 30.5 Å². The summed E-state index contributed by atoms with van der Waals surface area (Å²) in [6.45, 7) is 2.30. The van der Waals surface area contributed by atoms with Crippen LogP contribution in [0.25, 0.3) is 10.8 Å². The van der Waals surface area contributed by atoms with E-state index < -0.39 is 0 Å². The lowest BCUT2D eigenvalue weighted by molar-refractivity contribution is -0.117. The van der Waals surface area contributed by atoms with Crippen molar-refractivity contribution >= 4 is 34.3 Å². The molecule has 1 N–H and O–H groups in total. The molecule has 1 aromatic carbocycles. The number of hydrogen-bond donors (Lipinski definition) is 1. The van der Waals surface area contributed by atoms with Gasteiger partial charge in [-0.25, -0.2) is 9.78 Å². The molecule has 25 heavy (non-hydrogen) atoms. The second-order valence-corrected chi connectivity index (χ2v) is 6.46. The third-order valence-electron chi connectivity index (χ3n) is 4.61. The van der Waals surface area contributed by atoms with Gasteiger partial charge >= 0.3 is 6.09 Å². The third kappa shape index (κ3) is 2.76. The summed E-state index contributed by atoms with van der Waals surface area (Å²) >= 11 is 0. The van der Waals surface area contributed by atoms with Crippen LogP contribution in [-0.2, 0) is 9.53 Å². The lowest BCUT2D eigenvalue weighted by Crippen LogP contribution is -2.30. The first kappa shape index (κ1) is 15.4. The minimum atomic E-state index is -0.356. The number of aromatic nitrogens is 1. The number of anilines is 2. The number of rotatable bonds is 3. The van der Waals surface area contributed by atoms with Crippen LogP contribution < -0.4 is 10.2 Å². The number of benzene rings is 1. The number of nitriles is 1. The largest absolute Gasteiger partial charge is 0.447 e. The first-order chi connectivity index (χ1) is 12.1. The predicted octanol–water partition coefficient (Wildman–Crippen LogP) is 2.68. The molecule has 0 bridgehead atoms. The Bertz CT molecular complexity index is 920. The summed E-state index contributed by atoms with van der Waals surface area (Å²) in [5.74, 6) is -0.162. The fraction of sp³-hybridized carbons (Fsp3) is 0.333. The minimum absolute atomic E-state index is 0.0243. The van der Waals surface area contributed by atoms with Crippen molar-refractivity contribution in [2.75, 3.05) is 16.8 Å². The van der Waals surface area contributed by atoms with Crippen molar-refractivity contribution in [3.63, 3.8) is 0 Å². The molecule has 126 valence electrons. The summed E-state index contributed by atoms with van der Waals surface area (Å²) in [6.07, 6.45) is 1.93. The van der Waals surface area contributed by atoms with Crippen molar-refractivity contribution in [1.82, 2.24) is 4.98 Å². The molecule has 2 amide bonds. The van der Waals surface area contributed by atoms with E-state index in [1.165, 1.54) is 0 Å². The van der Waals surface area contributed by atoms with Crippen LogP contribution in [0.4, 0.5) is 16.3 Å². The van der Waals surface area contributed by atoms with E-state index in [4.69, 9.17) is 10.00 Å². The molecule has 7 nitrogen and oxygen atoms in total. The Balaban J connectivity index is 1.60. The number of fused-ring (bicyclic) bond motifs is 1. The number of nitrogens with zero attached hydrogens (tertiary/aromatic N) is 3. The molecule has 0 radical (unpaired) electrons. The van der Waals surface area contributed by atoms with Gasteiger partial charge in [-0.15, -0.1) is 0 Å². The van der Waals surface area contributed by atoms with Crippen LogP contribution in [0.15, 0.2) is 30.5 Å². The van der Waals surface area contributed by atoms with Gasteiger partial charge in [-0.3, -0.25) is 9.69 Å². The summed E-state index contributed by atoms with van der Waals surface area (Å²) in [5.41, 5.74) is 0.748. The van der Waals surface area contributed by atoms with Gasteiger partial charge in [-0.2, -0.15) is 5.26 Å². The highest BCUT2D eigenvalue weighted by atomic mass is 16.6. The van der Waals surface area contributed by atoms with Gasteiger partial charge in [0.1, 0.15) is 12.4 Å². The van der Waals surface area contributed by atoms with Crippen LogP contribution in [0, 0.1) is 23.2 Å². The average Bonchev–Trinajstić information content (AvgIpc) is 3.33. The Morgan fingerprint density at radius 1 is 1.40 bits per heavy atom. The fourth-order valence-electron chi connectivity index (χ4n) is 3.07. The van der Waals surface area contributed by atoms with E-state index in [0.717, 1.165) is 16.5 Å². The molecule has 3 atom stereocenters. The standard InChI is InChI=1S/C18H16N4O3/c1-10-9-25-18(24)22(10)14-3-2-11-8-20-16(6-12(11)4-14)21-17(23)15-5-13(15)7-19/h2-4,6,8,10,13,15H,5,9H2,1H3,(H,20,21,23)/t10-,13?,15?/m0/s1. The number of carbonyl (C=O) groups is 2. The van der Waals surface area contributed by atoms with Crippen LogP contribution >= 0.6 is 0 Å². The molecule has 4 rings (SSSR count). The van der Waals surface area contributed by atoms with Gasteiger partial charge in [-0.1, -0.05) is 6.07 Å². The zero-order valence-corrected chi connectivity index (χ0v) is 13.6. The van der Waals surface area contributed by atoms with Crippen LogP contribution in [0.2, 0.25) is 0 Å². The molecule has 0 spiro atoms. The molecule has 2 aromatic rings. The lowest BCUT2D eigenvalue weighted by atomic mass is 10.1. The zero-order valence-electron chi connectivity index (χ0n) is 13.6. The van der Waals surface area contributed by atoms with Crippen molar-refractivity contribution in [1.29, 1.82) is 5.26 Å². The van der Waals surface area contributed by atoms with Crippen molar-refractivity contribution < 1.29 is 14.3 Å². The molecular formula is C18H16N4O3. The summed E-state index contributed by atoms with van der Waals surface area (Å²) in [4.78, 5) is 29.8. The van der Waals surface area contributed by atoms with E-state index in [2.05, 4.69) is 16.4 Å². The number of ether oxygens (including phenoxy) is 1. The first-order valence-electron chi connectivity index (χ1n) is 8.13. The van der Waals surface area contributed by atoms with Crippen molar-refractivity contribution in [3.8, 4) is 6.07 Å².